The van der Waals surface area contributed by atoms with Crippen LogP contribution < -0.4 is 4.74 Å². The van der Waals surface area contributed by atoms with Crippen molar-refractivity contribution < 1.29 is 17.9 Å². The van der Waals surface area contributed by atoms with Crippen LogP contribution in [0.5, 0.6) is 5.75 Å². The van der Waals surface area contributed by atoms with Crippen molar-refractivity contribution in [3.05, 3.63) is 95.4 Å². The van der Waals surface area contributed by atoms with Gasteiger partial charge in [0.05, 0.1) is 7.11 Å². The Morgan fingerprint density at radius 1 is 1.04 bits per heavy atom. The van der Waals surface area contributed by atoms with Crippen LogP contribution in [0.15, 0.2) is 66.8 Å². The average Bonchev–Trinajstić information content (AvgIpc) is 2.66. The monoisotopic (exact) mass is 372 g/mol. The van der Waals surface area contributed by atoms with Crippen molar-refractivity contribution in [2.75, 3.05) is 7.11 Å². The highest BCUT2D eigenvalue weighted by Crippen LogP contribution is 2.25. The number of aryl methyl sites for hydroxylation is 1. The van der Waals surface area contributed by atoms with E-state index in [1.807, 2.05) is 19.1 Å². The molecule has 2 aromatic rings. The van der Waals surface area contributed by atoms with Crippen molar-refractivity contribution >= 4 is 5.57 Å². The van der Waals surface area contributed by atoms with Gasteiger partial charge in [-0.25, -0.2) is 13.2 Å². The van der Waals surface area contributed by atoms with E-state index in [-0.39, 0.29) is 11.6 Å². The molecule has 0 aromatic heterocycles. The Labute approximate surface area is 158 Å². The van der Waals surface area contributed by atoms with E-state index in [0.29, 0.717) is 24.8 Å². The van der Waals surface area contributed by atoms with Crippen LogP contribution in [0.25, 0.3) is 5.57 Å². The second-order valence-corrected chi connectivity index (χ2v) is 6.21. The van der Waals surface area contributed by atoms with Crippen molar-refractivity contribution in [2.24, 2.45) is 0 Å². The first-order chi connectivity index (χ1) is 13.0. The lowest BCUT2D eigenvalue weighted by molar-refractivity contribution is 0.357. The summed E-state index contributed by atoms with van der Waals surface area (Å²) in [6.07, 6.45) is 7.52. The summed E-state index contributed by atoms with van der Waals surface area (Å²) in [5.74, 6) is -1.95. The minimum Gasteiger partial charge on any atom is -0.491 e. The third kappa shape index (κ3) is 5.61. The molecular formula is C23H23F3O. The zero-order valence-electron chi connectivity index (χ0n) is 15.6. The van der Waals surface area contributed by atoms with Gasteiger partial charge in [-0.2, -0.15) is 0 Å². The van der Waals surface area contributed by atoms with E-state index >= 15 is 0 Å². The molecule has 0 N–H and O–H groups in total. The van der Waals surface area contributed by atoms with Gasteiger partial charge in [0.2, 0.25) is 0 Å². The van der Waals surface area contributed by atoms with Crippen molar-refractivity contribution in [1.29, 1.82) is 0 Å². The van der Waals surface area contributed by atoms with Gasteiger partial charge in [-0.3, -0.25) is 0 Å². The quantitative estimate of drug-likeness (QED) is 0.471. The summed E-state index contributed by atoms with van der Waals surface area (Å²) in [6.45, 7) is 5.76. The second-order valence-electron chi connectivity index (χ2n) is 6.21. The maximum Gasteiger partial charge on any atom is 0.190 e. The summed E-state index contributed by atoms with van der Waals surface area (Å²) in [4.78, 5) is 0. The number of benzene rings is 2. The number of methoxy groups -OCH3 is 1. The van der Waals surface area contributed by atoms with Gasteiger partial charge in [0.15, 0.2) is 17.4 Å². The van der Waals surface area contributed by atoms with Crippen molar-refractivity contribution in [1.82, 2.24) is 0 Å². The Hall–Kier alpha value is -2.75. The van der Waals surface area contributed by atoms with Crippen LogP contribution in [-0.2, 0) is 6.42 Å². The van der Waals surface area contributed by atoms with Gasteiger partial charge in [-0.05, 0) is 66.7 Å². The SMILES string of the molecule is C=C/C(=C\C=C(/C)c1ccc(F)cc1)CCCc1ccc(F)c(OC)c1F. The number of hydrogen-bond acceptors (Lipinski definition) is 1. The van der Waals surface area contributed by atoms with Crippen LogP contribution in [0.4, 0.5) is 13.2 Å². The predicted octanol–water partition coefficient (Wildman–Crippen LogP) is 6.65. The molecular weight excluding hydrogens is 349 g/mol. The van der Waals surface area contributed by atoms with Crippen LogP contribution in [-0.4, -0.2) is 7.11 Å². The molecule has 0 unspecified atom stereocenters. The lowest BCUT2D eigenvalue weighted by atomic mass is 10.0. The molecule has 2 aromatic carbocycles. The highest BCUT2D eigenvalue weighted by molar-refractivity contribution is 5.65. The normalized spacial score (nSPS) is 12.2. The van der Waals surface area contributed by atoms with Gasteiger partial charge in [0.25, 0.3) is 0 Å². The van der Waals surface area contributed by atoms with Gasteiger partial charge in [-0.15, -0.1) is 0 Å². The first-order valence-electron chi connectivity index (χ1n) is 8.73. The molecule has 0 heterocycles. The number of halogens is 3. The summed E-state index contributed by atoms with van der Waals surface area (Å²) < 4.78 is 45.4. The molecule has 0 spiro atoms. The standard InChI is InChI=1S/C23H23F3O/c1-4-17(9-8-16(2)18-10-13-20(24)14-11-18)6-5-7-19-12-15-21(25)23(27-3)22(19)26/h4,8-15H,1,5-7H2,2-3H3/b16-8+,17-9+. The van der Waals surface area contributed by atoms with E-state index in [4.69, 9.17) is 4.74 Å². The van der Waals surface area contributed by atoms with E-state index in [1.54, 1.807) is 18.2 Å². The van der Waals surface area contributed by atoms with Crippen molar-refractivity contribution in [2.45, 2.75) is 26.2 Å². The van der Waals surface area contributed by atoms with Crippen LogP contribution in [0.1, 0.15) is 30.9 Å². The molecule has 4 heteroatoms. The summed E-state index contributed by atoms with van der Waals surface area (Å²) in [7, 11) is 1.25. The highest BCUT2D eigenvalue weighted by atomic mass is 19.1. The lowest BCUT2D eigenvalue weighted by Crippen LogP contribution is -1.98. The van der Waals surface area contributed by atoms with Crippen molar-refractivity contribution in [3.63, 3.8) is 0 Å². The first-order valence-corrected chi connectivity index (χ1v) is 8.73. The van der Waals surface area contributed by atoms with E-state index in [1.165, 1.54) is 31.4 Å². The van der Waals surface area contributed by atoms with E-state index in [2.05, 4.69) is 6.58 Å². The fourth-order valence-electron chi connectivity index (χ4n) is 2.73. The molecule has 27 heavy (non-hydrogen) atoms. The molecule has 0 saturated heterocycles. The number of rotatable bonds is 8. The van der Waals surface area contributed by atoms with Crippen LogP contribution in [0.2, 0.25) is 0 Å². The van der Waals surface area contributed by atoms with Crippen LogP contribution in [0.3, 0.4) is 0 Å². The molecule has 0 aliphatic rings. The zero-order valence-corrected chi connectivity index (χ0v) is 15.6. The summed E-state index contributed by atoms with van der Waals surface area (Å²) in [5.41, 5.74) is 3.38. The molecule has 142 valence electrons. The minimum absolute atomic E-state index is 0.265. The molecule has 0 fully saturated rings. The average molecular weight is 372 g/mol. The summed E-state index contributed by atoms with van der Waals surface area (Å²) in [5, 5.41) is 0. The fourth-order valence-corrected chi connectivity index (χ4v) is 2.73. The fraction of sp³-hybridized carbons (Fsp3) is 0.217. The van der Waals surface area contributed by atoms with Gasteiger partial charge in [0, 0.05) is 0 Å². The van der Waals surface area contributed by atoms with Crippen molar-refractivity contribution in [3.8, 4) is 5.75 Å². The number of hydrogen-bond donors (Lipinski definition) is 0. The molecule has 0 aliphatic carbocycles. The number of ether oxygens (including phenoxy) is 1. The Morgan fingerprint density at radius 3 is 2.37 bits per heavy atom. The van der Waals surface area contributed by atoms with Gasteiger partial charge in [-0.1, -0.05) is 43.0 Å². The second kappa shape index (κ2) is 9.81. The molecule has 0 amide bonds. The molecule has 0 radical (unpaired) electrons. The molecule has 0 bridgehead atoms. The highest BCUT2D eigenvalue weighted by Gasteiger charge is 2.13. The van der Waals surface area contributed by atoms with Gasteiger partial charge < -0.3 is 4.74 Å². The smallest absolute Gasteiger partial charge is 0.190 e. The molecule has 0 aliphatic heterocycles. The molecule has 0 saturated carbocycles. The first kappa shape index (κ1) is 20.6. The molecule has 2 rings (SSSR count). The topological polar surface area (TPSA) is 9.23 Å². The maximum absolute atomic E-state index is 14.2. The Kier molecular flexibility index (Phi) is 7.47. The Balaban J connectivity index is 2.01. The third-order valence-corrected chi connectivity index (χ3v) is 4.35. The molecule has 1 nitrogen and oxygen atoms in total. The lowest BCUT2D eigenvalue weighted by Gasteiger charge is -2.09. The Morgan fingerprint density at radius 2 is 1.74 bits per heavy atom. The summed E-state index contributed by atoms with van der Waals surface area (Å²) >= 11 is 0. The van der Waals surface area contributed by atoms with E-state index in [9.17, 15) is 13.2 Å². The van der Waals surface area contributed by atoms with Crippen LogP contribution >= 0.6 is 0 Å². The van der Waals surface area contributed by atoms with E-state index < -0.39 is 11.6 Å². The van der Waals surface area contributed by atoms with Gasteiger partial charge in [0.1, 0.15) is 5.82 Å². The van der Waals surface area contributed by atoms with Crippen LogP contribution in [0, 0.1) is 17.5 Å². The zero-order chi connectivity index (χ0) is 19.8. The minimum atomic E-state index is -0.702. The Bertz CT molecular complexity index is 849. The molecule has 0 atom stereocenters. The summed E-state index contributed by atoms with van der Waals surface area (Å²) in [6, 6.07) is 8.98. The van der Waals surface area contributed by atoms with E-state index in [0.717, 1.165) is 16.7 Å². The van der Waals surface area contributed by atoms with Gasteiger partial charge >= 0.3 is 0 Å². The third-order valence-electron chi connectivity index (χ3n) is 4.35. The largest absolute Gasteiger partial charge is 0.491 e. The predicted molar refractivity (Wildman–Crippen MR) is 104 cm³/mol. The maximum atomic E-state index is 14.2. The number of allylic oxidation sites excluding steroid dienone is 5.